The number of thiol groups is 1. The maximum atomic E-state index is 13.7. The predicted octanol–water partition coefficient (Wildman–Crippen LogP) is -1.41. The molecule has 0 aromatic heterocycles. The number of nitrogens with zero attached hydrogens (tertiary/aromatic N) is 2. The van der Waals surface area contributed by atoms with Gasteiger partial charge in [0.2, 0.25) is 23.6 Å². The molecular weight excluding hydrogens is 540 g/mol. The smallest absolute Gasteiger partial charge is 0.326 e. The second-order valence-corrected chi connectivity index (χ2v) is 11.1. The lowest BCUT2D eigenvalue weighted by Gasteiger charge is -2.33. The molecule has 5 atom stereocenters. The molecule has 0 bridgehead atoms. The van der Waals surface area contributed by atoms with Crippen LogP contribution in [0.15, 0.2) is 0 Å². The molecule has 0 radical (unpaired) electrons. The second-order valence-electron chi connectivity index (χ2n) is 10.7. The van der Waals surface area contributed by atoms with E-state index in [0.29, 0.717) is 51.6 Å². The number of guanidine groups is 1. The summed E-state index contributed by atoms with van der Waals surface area (Å²) in [7, 11) is 0. The number of carboxylic acid groups (broad SMARTS) is 1. The molecule has 0 aromatic rings. The van der Waals surface area contributed by atoms with Gasteiger partial charge in [-0.3, -0.25) is 24.6 Å². The van der Waals surface area contributed by atoms with Crippen LogP contribution in [0.3, 0.4) is 0 Å². The summed E-state index contributed by atoms with van der Waals surface area (Å²) >= 11 is 4.05. The highest BCUT2D eigenvalue weighted by molar-refractivity contribution is 7.80. The number of amides is 4. The molecule has 40 heavy (non-hydrogen) atoms. The summed E-state index contributed by atoms with van der Waals surface area (Å²) in [6, 6.07) is -4.50. The van der Waals surface area contributed by atoms with Gasteiger partial charge in [0, 0.05) is 25.4 Å². The minimum Gasteiger partial charge on any atom is -0.480 e. The molecule has 2 fully saturated rings. The third-order valence-corrected chi connectivity index (χ3v) is 7.51. The second kappa shape index (κ2) is 15.6. The van der Waals surface area contributed by atoms with Crippen molar-refractivity contribution in [1.82, 2.24) is 25.8 Å². The zero-order valence-corrected chi connectivity index (χ0v) is 24.1. The summed E-state index contributed by atoms with van der Waals surface area (Å²) in [4.78, 5) is 67.4. The minimum absolute atomic E-state index is 0.0883. The zero-order chi connectivity index (χ0) is 30.0. The van der Waals surface area contributed by atoms with E-state index in [1.807, 2.05) is 13.8 Å². The van der Waals surface area contributed by atoms with Gasteiger partial charge in [0.25, 0.3) is 0 Å². The van der Waals surface area contributed by atoms with Crippen LogP contribution in [0.4, 0.5) is 0 Å². The lowest BCUT2D eigenvalue weighted by Crippen LogP contribution is -2.58. The normalized spacial score (nSPS) is 21.0. The number of hydrogen-bond donors (Lipinski definition) is 8. The molecule has 226 valence electrons. The van der Waals surface area contributed by atoms with Crippen LogP contribution in [0, 0.1) is 11.3 Å². The fourth-order valence-corrected chi connectivity index (χ4v) is 5.26. The van der Waals surface area contributed by atoms with E-state index < -0.39 is 48.0 Å². The van der Waals surface area contributed by atoms with Gasteiger partial charge in [0.05, 0.1) is 6.04 Å². The van der Waals surface area contributed by atoms with Crippen molar-refractivity contribution >= 4 is 48.2 Å². The standard InChI is InChI=1S/C25H44N8O6S/c1-14(2)12-17(31-20(34)15(26)13-40)22(36)33-11-5-8-19(33)23(37)32-10-4-7-18(32)21(35)30-16(24(38)39)6-3-9-29-25(27)28/h14-19,40H,3-13,26H2,1-2H3,(H,30,35)(H,31,34)(H,38,39)(H4,27,28,29)/t15-,16-,17-,18-,19-/m0/s1. The summed E-state index contributed by atoms with van der Waals surface area (Å²) in [5.74, 6) is -2.99. The molecule has 2 heterocycles. The monoisotopic (exact) mass is 584 g/mol. The van der Waals surface area contributed by atoms with E-state index in [4.69, 9.17) is 16.9 Å². The van der Waals surface area contributed by atoms with Crippen LogP contribution in [0.5, 0.6) is 0 Å². The Balaban J connectivity index is 2.10. The van der Waals surface area contributed by atoms with E-state index in [0.717, 1.165) is 0 Å². The van der Waals surface area contributed by atoms with Crippen molar-refractivity contribution < 1.29 is 29.1 Å². The van der Waals surface area contributed by atoms with Crippen LogP contribution in [0.1, 0.15) is 58.8 Å². The van der Waals surface area contributed by atoms with E-state index in [1.165, 1.54) is 9.80 Å². The molecule has 0 aliphatic carbocycles. The first kappa shape index (κ1) is 33.1. The molecule has 2 rings (SSSR count). The van der Waals surface area contributed by atoms with Gasteiger partial charge in [0.15, 0.2) is 5.96 Å². The first-order chi connectivity index (χ1) is 18.9. The van der Waals surface area contributed by atoms with E-state index in [2.05, 4.69) is 28.6 Å². The number of rotatable bonds is 14. The fourth-order valence-electron chi connectivity index (χ4n) is 5.09. The Bertz CT molecular complexity index is 950. The van der Waals surface area contributed by atoms with E-state index in [1.54, 1.807) is 0 Å². The van der Waals surface area contributed by atoms with Gasteiger partial charge in [-0.15, -0.1) is 0 Å². The molecule has 2 aliphatic rings. The SMILES string of the molecule is CC(C)C[C@H](NC(=O)[C@@H](N)CS)C(=O)N1CCC[C@H]1C(=O)N1CCC[C@H]1C(=O)N[C@@H](CCCNC(=N)N)C(=O)O. The first-order valence-electron chi connectivity index (χ1n) is 13.8. The number of carbonyl (C=O) groups excluding carboxylic acids is 4. The average Bonchev–Trinajstić information content (AvgIpc) is 3.58. The maximum absolute atomic E-state index is 13.7. The predicted molar refractivity (Wildman–Crippen MR) is 151 cm³/mol. The molecule has 2 saturated heterocycles. The lowest BCUT2D eigenvalue weighted by atomic mass is 10.0. The number of carbonyl (C=O) groups is 5. The quantitative estimate of drug-likeness (QED) is 0.0519. The van der Waals surface area contributed by atoms with Gasteiger partial charge in [-0.2, -0.15) is 12.6 Å². The molecule has 4 amide bonds. The number of hydrogen-bond acceptors (Lipinski definition) is 8. The van der Waals surface area contributed by atoms with Gasteiger partial charge >= 0.3 is 5.97 Å². The highest BCUT2D eigenvalue weighted by Gasteiger charge is 2.44. The van der Waals surface area contributed by atoms with Crippen molar-refractivity contribution in [2.45, 2.75) is 89.0 Å². The first-order valence-corrected chi connectivity index (χ1v) is 14.4. The Morgan fingerprint density at radius 3 is 2.23 bits per heavy atom. The summed E-state index contributed by atoms with van der Waals surface area (Å²) < 4.78 is 0. The molecular formula is C25H44N8O6S. The molecule has 0 unspecified atom stereocenters. The average molecular weight is 585 g/mol. The molecule has 0 saturated carbocycles. The van der Waals surface area contributed by atoms with Gasteiger partial charge in [-0.25, -0.2) is 4.79 Å². The van der Waals surface area contributed by atoms with Crippen molar-refractivity contribution in [1.29, 1.82) is 5.41 Å². The van der Waals surface area contributed by atoms with E-state index in [9.17, 15) is 29.1 Å². The van der Waals surface area contributed by atoms with Crippen LogP contribution in [0.2, 0.25) is 0 Å². The Morgan fingerprint density at radius 2 is 1.65 bits per heavy atom. The number of nitrogens with two attached hydrogens (primary N) is 2. The summed E-state index contributed by atoms with van der Waals surface area (Å²) in [6.07, 6.45) is 2.82. The van der Waals surface area contributed by atoms with Crippen LogP contribution >= 0.6 is 12.6 Å². The van der Waals surface area contributed by atoms with Crippen molar-refractivity contribution in [2.75, 3.05) is 25.4 Å². The highest BCUT2D eigenvalue weighted by atomic mass is 32.1. The van der Waals surface area contributed by atoms with Crippen molar-refractivity contribution in [3.05, 3.63) is 0 Å². The van der Waals surface area contributed by atoms with Crippen molar-refractivity contribution in [3.8, 4) is 0 Å². The number of aliphatic carboxylic acids is 1. The van der Waals surface area contributed by atoms with Crippen LogP contribution < -0.4 is 27.4 Å². The Labute approximate surface area is 240 Å². The van der Waals surface area contributed by atoms with Gasteiger partial charge in [-0.05, 0) is 50.9 Å². The topological polar surface area (TPSA) is 224 Å². The third kappa shape index (κ3) is 9.25. The zero-order valence-electron chi connectivity index (χ0n) is 23.2. The molecule has 0 aromatic carbocycles. The van der Waals surface area contributed by atoms with Crippen LogP contribution in [-0.4, -0.2) is 106 Å². The third-order valence-electron chi connectivity index (χ3n) is 7.11. The van der Waals surface area contributed by atoms with Crippen molar-refractivity contribution in [2.24, 2.45) is 17.4 Å². The minimum atomic E-state index is -1.20. The maximum Gasteiger partial charge on any atom is 0.326 e. The largest absolute Gasteiger partial charge is 0.480 e. The molecule has 2 aliphatic heterocycles. The molecule has 0 spiro atoms. The van der Waals surface area contributed by atoms with E-state index >= 15 is 0 Å². The lowest BCUT2D eigenvalue weighted by molar-refractivity contribution is -0.149. The highest BCUT2D eigenvalue weighted by Crippen LogP contribution is 2.26. The molecule has 14 nitrogen and oxygen atoms in total. The van der Waals surface area contributed by atoms with Crippen LogP contribution in [-0.2, 0) is 24.0 Å². The Kier molecular flexibility index (Phi) is 13.0. The number of nitrogens with one attached hydrogen (secondary N) is 4. The van der Waals surface area contributed by atoms with Crippen molar-refractivity contribution in [3.63, 3.8) is 0 Å². The summed E-state index contributed by atoms with van der Waals surface area (Å²) in [6.45, 7) is 4.80. The molecule has 15 heteroatoms. The fraction of sp³-hybridized carbons (Fsp3) is 0.760. The Morgan fingerprint density at radius 1 is 1.02 bits per heavy atom. The van der Waals surface area contributed by atoms with Gasteiger partial charge < -0.3 is 42.3 Å². The van der Waals surface area contributed by atoms with E-state index in [-0.39, 0.29) is 42.4 Å². The number of carboxylic acids is 1. The van der Waals surface area contributed by atoms with Crippen LogP contribution in [0.25, 0.3) is 0 Å². The number of likely N-dealkylation sites (tertiary alicyclic amines) is 2. The Hall–Kier alpha value is -3.07. The summed E-state index contributed by atoms with van der Waals surface area (Å²) in [5, 5.41) is 24.6. The van der Waals surface area contributed by atoms with Gasteiger partial charge in [0.1, 0.15) is 24.2 Å². The summed E-state index contributed by atoms with van der Waals surface area (Å²) in [5.41, 5.74) is 11.0. The van der Waals surface area contributed by atoms with Gasteiger partial charge in [-0.1, -0.05) is 13.8 Å². The molecule has 9 N–H and O–H groups in total.